The largest absolute Gasteiger partial charge is 0.383 e. The van der Waals surface area contributed by atoms with Crippen molar-refractivity contribution in [1.82, 2.24) is 10.3 Å². The highest BCUT2D eigenvalue weighted by Crippen LogP contribution is 2.32. The maximum absolute atomic E-state index is 5.11. The Hall–Kier alpha value is -0.450. The van der Waals surface area contributed by atoms with Crippen molar-refractivity contribution in [2.45, 2.75) is 47.1 Å². The number of hydrogen-bond donors (Lipinski definition) is 1. The molecule has 1 aromatic heterocycles. The smallest absolute Gasteiger partial charge is 0.110 e. The predicted molar refractivity (Wildman–Crippen MR) is 78.3 cm³/mol. The van der Waals surface area contributed by atoms with Crippen molar-refractivity contribution in [1.29, 1.82) is 0 Å². The van der Waals surface area contributed by atoms with Crippen molar-refractivity contribution in [2.75, 3.05) is 20.3 Å². The summed E-state index contributed by atoms with van der Waals surface area (Å²) in [6.07, 6.45) is 1.09. The van der Waals surface area contributed by atoms with Gasteiger partial charge in [-0.1, -0.05) is 20.8 Å². The summed E-state index contributed by atoms with van der Waals surface area (Å²) >= 11 is 1.81. The molecule has 0 aromatic carbocycles. The molecule has 0 fully saturated rings. The van der Waals surface area contributed by atoms with E-state index in [0.717, 1.165) is 25.3 Å². The third-order valence-corrected chi connectivity index (χ3v) is 4.04. The van der Waals surface area contributed by atoms with Gasteiger partial charge in [0.15, 0.2) is 0 Å². The third kappa shape index (κ3) is 5.04. The van der Waals surface area contributed by atoms with E-state index in [2.05, 4.69) is 44.9 Å². The Morgan fingerprint density at radius 2 is 2.00 bits per heavy atom. The molecule has 3 nitrogen and oxygen atoms in total. The van der Waals surface area contributed by atoms with E-state index in [0.29, 0.717) is 6.04 Å². The fraction of sp³-hybridized carbons (Fsp3) is 0.786. The molecule has 0 aliphatic heterocycles. The van der Waals surface area contributed by atoms with Crippen LogP contribution in [0.2, 0.25) is 0 Å². The van der Waals surface area contributed by atoms with Gasteiger partial charge < -0.3 is 10.1 Å². The van der Waals surface area contributed by atoms with Crippen LogP contribution in [0, 0.1) is 19.3 Å². The Labute approximate surface area is 115 Å². The van der Waals surface area contributed by atoms with Crippen LogP contribution in [-0.4, -0.2) is 25.2 Å². The van der Waals surface area contributed by atoms with E-state index in [9.17, 15) is 0 Å². The molecule has 0 saturated carbocycles. The lowest BCUT2D eigenvalue weighted by atomic mass is 9.88. The van der Waals surface area contributed by atoms with E-state index in [-0.39, 0.29) is 5.41 Å². The lowest BCUT2D eigenvalue weighted by Gasteiger charge is -2.25. The van der Waals surface area contributed by atoms with Crippen LogP contribution in [0.5, 0.6) is 0 Å². The molecule has 18 heavy (non-hydrogen) atoms. The molecule has 0 saturated heterocycles. The molecule has 1 atom stereocenters. The van der Waals surface area contributed by atoms with Gasteiger partial charge in [-0.15, -0.1) is 11.3 Å². The minimum absolute atomic E-state index is 0.290. The molecular weight excluding hydrogens is 244 g/mol. The van der Waals surface area contributed by atoms with Crippen LogP contribution < -0.4 is 5.32 Å². The number of aryl methyl sites for hydroxylation is 2. The highest BCUT2D eigenvalue weighted by molar-refractivity contribution is 7.11. The fourth-order valence-corrected chi connectivity index (χ4v) is 2.84. The first-order chi connectivity index (χ1) is 8.33. The van der Waals surface area contributed by atoms with E-state index in [1.807, 2.05) is 0 Å². The molecule has 1 N–H and O–H groups in total. The molecule has 1 heterocycles. The second-order valence-corrected chi connectivity index (χ2v) is 7.19. The van der Waals surface area contributed by atoms with E-state index < -0.39 is 0 Å². The second kappa shape index (κ2) is 6.64. The Morgan fingerprint density at radius 3 is 2.44 bits per heavy atom. The van der Waals surface area contributed by atoms with Crippen LogP contribution >= 0.6 is 11.3 Å². The van der Waals surface area contributed by atoms with Crippen molar-refractivity contribution >= 4 is 11.3 Å². The van der Waals surface area contributed by atoms with Gasteiger partial charge in [-0.3, -0.25) is 0 Å². The Bertz CT molecular complexity index is 349. The number of thiazole rings is 1. The van der Waals surface area contributed by atoms with Crippen molar-refractivity contribution in [3.8, 4) is 0 Å². The summed E-state index contributed by atoms with van der Waals surface area (Å²) in [7, 11) is 1.73. The minimum atomic E-state index is 0.290. The van der Waals surface area contributed by atoms with Gasteiger partial charge in [0.25, 0.3) is 0 Å². The van der Waals surface area contributed by atoms with Gasteiger partial charge in [0.05, 0.1) is 18.3 Å². The highest BCUT2D eigenvalue weighted by atomic mass is 32.1. The molecule has 1 aromatic rings. The zero-order valence-electron chi connectivity index (χ0n) is 12.5. The zero-order chi connectivity index (χ0) is 13.8. The average Bonchev–Trinajstić information content (AvgIpc) is 2.56. The lowest BCUT2D eigenvalue weighted by molar-refractivity contribution is 0.190. The number of aromatic nitrogens is 1. The van der Waals surface area contributed by atoms with Crippen LogP contribution in [0.1, 0.15) is 48.8 Å². The summed E-state index contributed by atoms with van der Waals surface area (Å²) < 4.78 is 5.11. The van der Waals surface area contributed by atoms with Gasteiger partial charge in [-0.25, -0.2) is 4.98 Å². The quantitative estimate of drug-likeness (QED) is 0.804. The maximum Gasteiger partial charge on any atom is 0.110 e. The first-order valence-corrected chi connectivity index (χ1v) is 7.31. The van der Waals surface area contributed by atoms with Gasteiger partial charge in [-0.05, 0) is 25.7 Å². The standard InChI is InChI=1S/C14H26N2OS/c1-10-11(2)18-13(16-10)12(9-14(3,4)5)15-7-8-17-6/h12,15H,7-9H2,1-6H3. The topological polar surface area (TPSA) is 34.1 Å². The molecule has 0 radical (unpaired) electrons. The van der Waals surface area contributed by atoms with Crippen LogP contribution in [0.15, 0.2) is 0 Å². The van der Waals surface area contributed by atoms with E-state index in [1.165, 1.54) is 9.88 Å². The number of methoxy groups -OCH3 is 1. The Kier molecular flexibility index (Phi) is 5.76. The van der Waals surface area contributed by atoms with Gasteiger partial charge in [0.2, 0.25) is 0 Å². The van der Waals surface area contributed by atoms with E-state index in [1.54, 1.807) is 18.4 Å². The van der Waals surface area contributed by atoms with E-state index >= 15 is 0 Å². The lowest BCUT2D eigenvalue weighted by Crippen LogP contribution is -2.28. The van der Waals surface area contributed by atoms with Crippen molar-refractivity contribution in [2.24, 2.45) is 5.41 Å². The number of hydrogen-bond acceptors (Lipinski definition) is 4. The van der Waals surface area contributed by atoms with Gasteiger partial charge in [0, 0.05) is 18.5 Å². The van der Waals surface area contributed by atoms with Crippen LogP contribution in [0.25, 0.3) is 0 Å². The van der Waals surface area contributed by atoms with Crippen LogP contribution in [-0.2, 0) is 4.74 Å². The molecule has 1 unspecified atom stereocenters. The first-order valence-electron chi connectivity index (χ1n) is 6.50. The SMILES string of the molecule is COCCNC(CC(C)(C)C)c1nc(C)c(C)s1. The molecule has 0 aliphatic carbocycles. The summed E-state index contributed by atoms with van der Waals surface area (Å²) in [5.41, 5.74) is 1.44. The maximum atomic E-state index is 5.11. The number of nitrogens with zero attached hydrogens (tertiary/aromatic N) is 1. The molecule has 4 heteroatoms. The Morgan fingerprint density at radius 1 is 1.33 bits per heavy atom. The van der Waals surface area contributed by atoms with Gasteiger partial charge in [-0.2, -0.15) is 0 Å². The number of ether oxygens (including phenoxy) is 1. The van der Waals surface area contributed by atoms with Crippen LogP contribution in [0.4, 0.5) is 0 Å². The summed E-state index contributed by atoms with van der Waals surface area (Å²) in [4.78, 5) is 6.01. The monoisotopic (exact) mass is 270 g/mol. The molecule has 1 rings (SSSR count). The first kappa shape index (κ1) is 15.6. The van der Waals surface area contributed by atoms with Gasteiger partial charge in [0.1, 0.15) is 5.01 Å². The summed E-state index contributed by atoms with van der Waals surface area (Å²) in [5.74, 6) is 0. The third-order valence-electron chi connectivity index (χ3n) is 2.86. The minimum Gasteiger partial charge on any atom is -0.383 e. The Balaban J connectivity index is 2.76. The van der Waals surface area contributed by atoms with Crippen molar-refractivity contribution < 1.29 is 4.74 Å². The highest BCUT2D eigenvalue weighted by Gasteiger charge is 2.22. The van der Waals surface area contributed by atoms with Crippen molar-refractivity contribution in [3.05, 3.63) is 15.6 Å². The molecule has 0 aliphatic rings. The zero-order valence-corrected chi connectivity index (χ0v) is 13.3. The van der Waals surface area contributed by atoms with Crippen LogP contribution in [0.3, 0.4) is 0 Å². The van der Waals surface area contributed by atoms with E-state index in [4.69, 9.17) is 4.74 Å². The molecule has 0 amide bonds. The second-order valence-electron chi connectivity index (χ2n) is 5.96. The average molecular weight is 270 g/mol. The van der Waals surface area contributed by atoms with Gasteiger partial charge >= 0.3 is 0 Å². The fourth-order valence-electron chi connectivity index (χ4n) is 1.84. The number of nitrogens with one attached hydrogen (secondary N) is 1. The summed E-state index contributed by atoms with van der Waals surface area (Å²) in [5, 5.41) is 4.76. The molecule has 0 spiro atoms. The molecular formula is C14H26N2OS. The molecule has 104 valence electrons. The normalized spacial score (nSPS) is 13.9. The van der Waals surface area contributed by atoms with Crippen molar-refractivity contribution in [3.63, 3.8) is 0 Å². The summed E-state index contributed by atoms with van der Waals surface area (Å²) in [6, 6.07) is 0.331. The summed E-state index contributed by atoms with van der Waals surface area (Å²) in [6.45, 7) is 12.6. The predicted octanol–water partition coefficient (Wildman–Crippen LogP) is 3.47. The number of rotatable bonds is 6. The molecule has 0 bridgehead atoms.